The molecule has 2 fully saturated rings. The van der Waals surface area contributed by atoms with Crippen molar-refractivity contribution < 1.29 is 29.0 Å². The van der Waals surface area contributed by atoms with Gasteiger partial charge in [0.25, 0.3) is 0 Å². The first-order chi connectivity index (χ1) is 18.3. The summed E-state index contributed by atoms with van der Waals surface area (Å²) in [5.74, 6) is 0.520. The quantitative estimate of drug-likeness (QED) is 0.380. The van der Waals surface area contributed by atoms with E-state index in [-0.39, 0.29) is 50.3 Å². The molecule has 2 aromatic carbocycles. The zero-order chi connectivity index (χ0) is 27.1. The van der Waals surface area contributed by atoms with Crippen molar-refractivity contribution in [2.45, 2.75) is 64.5 Å². The molecule has 204 valence electrons. The third-order valence-corrected chi connectivity index (χ3v) is 7.58. The highest BCUT2D eigenvalue weighted by molar-refractivity contribution is 6.01. The lowest BCUT2D eigenvalue weighted by atomic mass is 9.97. The maximum absolute atomic E-state index is 11.9. The van der Waals surface area contributed by atoms with Crippen LogP contribution in [0.15, 0.2) is 42.5 Å². The Labute approximate surface area is 224 Å². The number of rotatable bonds is 13. The number of imide groups is 1. The highest BCUT2D eigenvalue weighted by Gasteiger charge is 2.29. The van der Waals surface area contributed by atoms with E-state index in [2.05, 4.69) is 4.90 Å². The Hall–Kier alpha value is -3.39. The Balaban J connectivity index is 1.51. The fraction of sp³-hybridized carbons (Fsp3) is 0.500. The largest absolute Gasteiger partial charge is 0.493 e. The number of carboxylic acids is 1. The molecular weight excluding hydrogens is 484 g/mol. The molecule has 0 radical (unpaired) electrons. The van der Waals surface area contributed by atoms with Gasteiger partial charge in [0.05, 0.1) is 20.1 Å². The van der Waals surface area contributed by atoms with Crippen LogP contribution in [0, 0.1) is 12.8 Å². The molecule has 8 heteroatoms. The predicted molar refractivity (Wildman–Crippen MR) is 143 cm³/mol. The number of hydrogen-bond donors (Lipinski definition) is 1. The van der Waals surface area contributed by atoms with E-state index < -0.39 is 5.97 Å². The third kappa shape index (κ3) is 7.13. The molecule has 1 aliphatic heterocycles. The molecule has 2 aromatic rings. The number of aliphatic carboxylic acids is 1. The van der Waals surface area contributed by atoms with Gasteiger partial charge in [0.2, 0.25) is 11.8 Å². The van der Waals surface area contributed by atoms with Gasteiger partial charge in [-0.2, -0.15) is 0 Å². The molecule has 38 heavy (non-hydrogen) atoms. The van der Waals surface area contributed by atoms with Gasteiger partial charge in [-0.05, 0) is 48.9 Å². The number of nitrogens with zero attached hydrogens (tertiary/aromatic N) is 2. The summed E-state index contributed by atoms with van der Waals surface area (Å²) >= 11 is 0. The Bertz CT molecular complexity index is 1110. The maximum atomic E-state index is 11.9. The minimum absolute atomic E-state index is 0.0298. The average Bonchev–Trinajstić information content (AvgIpc) is 3.53. The number of carboxylic acid groups (broad SMARTS) is 1. The second-order valence-corrected chi connectivity index (χ2v) is 10.4. The van der Waals surface area contributed by atoms with Crippen LogP contribution >= 0.6 is 0 Å². The molecule has 1 unspecified atom stereocenters. The lowest BCUT2D eigenvalue weighted by Gasteiger charge is -2.33. The number of methoxy groups -OCH3 is 1. The molecule has 1 aliphatic carbocycles. The van der Waals surface area contributed by atoms with E-state index in [9.17, 15) is 19.5 Å². The van der Waals surface area contributed by atoms with Gasteiger partial charge >= 0.3 is 5.97 Å². The fourth-order valence-corrected chi connectivity index (χ4v) is 5.52. The lowest BCUT2D eigenvalue weighted by Crippen LogP contribution is -2.34. The van der Waals surface area contributed by atoms with Gasteiger partial charge in [-0.3, -0.25) is 24.2 Å². The summed E-state index contributed by atoms with van der Waals surface area (Å²) in [6, 6.07) is 13.6. The zero-order valence-electron chi connectivity index (χ0n) is 22.4. The number of benzene rings is 2. The summed E-state index contributed by atoms with van der Waals surface area (Å²) in [6.45, 7) is 3.85. The topological polar surface area (TPSA) is 96.4 Å². The van der Waals surface area contributed by atoms with E-state index in [0.29, 0.717) is 24.0 Å². The Kier molecular flexibility index (Phi) is 9.39. The summed E-state index contributed by atoms with van der Waals surface area (Å²) in [4.78, 5) is 39.2. The van der Waals surface area contributed by atoms with Gasteiger partial charge in [0.15, 0.2) is 11.5 Å². The summed E-state index contributed by atoms with van der Waals surface area (Å²) in [7, 11) is 1.58. The van der Waals surface area contributed by atoms with Crippen molar-refractivity contribution in [2.24, 2.45) is 5.92 Å². The van der Waals surface area contributed by atoms with Gasteiger partial charge in [-0.15, -0.1) is 0 Å². The Morgan fingerprint density at radius 1 is 1.05 bits per heavy atom. The van der Waals surface area contributed by atoms with Crippen LogP contribution in [0.1, 0.15) is 67.7 Å². The van der Waals surface area contributed by atoms with Crippen molar-refractivity contribution in [2.75, 3.05) is 26.8 Å². The van der Waals surface area contributed by atoms with E-state index in [1.807, 2.05) is 49.4 Å². The second kappa shape index (κ2) is 12.9. The number of aryl methyl sites for hydroxylation is 1. The molecule has 0 spiro atoms. The normalized spacial score (nSPS) is 16.9. The van der Waals surface area contributed by atoms with Gasteiger partial charge in [-0.1, -0.05) is 48.7 Å². The van der Waals surface area contributed by atoms with Crippen molar-refractivity contribution >= 4 is 17.8 Å². The van der Waals surface area contributed by atoms with Crippen LogP contribution in [0.3, 0.4) is 0 Å². The summed E-state index contributed by atoms with van der Waals surface area (Å²) in [5, 5.41) is 9.78. The highest BCUT2D eigenvalue weighted by atomic mass is 16.5. The number of hydrogen-bond acceptors (Lipinski definition) is 6. The van der Waals surface area contributed by atoms with Gasteiger partial charge < -0.3 is 14.6 Å². The minimum atomic E-state index is -0.816. The smallest absolute Gasteiger partial charge is 0.305 e. The number of likely N-dealkylation sites (tertiary alicyclic amines) is 1. The van der Waals surface area contributed by atoms with Gasteiger partial charge in [0, 0.05) is 32.0 Å². The van der Waals surface area contributed by atoms with E-state index >= 15 is 0 Å². The molecule has 1 saturated carbocycles. The molecule has 1 atom stereocenters. The van der Waals surface area contributed by atoms with Crippen LogP contribution in [0.25, 0.3) is 0 Å². The average molecular weight is 523 g/mol. The lowest BCUT2D eigenvalue weighted by molar-refractivity contribution is -0.140. The summed E-state index contributed by atoms with van der Waals surface area (Å²) in [5.41, 5.74) is 3.15. The standard InChI is InChI=1S/C30H38N2O6/c1-21-7-10-24(11-8-21)25(18-30(35)36)31(19-22-5-3-4-6-22)20-23-9-12-26(27(17-23)37-2)38-16-15-32-28(33)13-14-29(32)34/h7-12,17,22,25H,3-6,13-16,18-20H2,1-2H3,(H,35,36). The first-order valence-corrected chi connectivity index (χ1v) is 13.5. The van der Waals surface area contributed by atoms with Crippen LogP contribution in [0.5, 0.6) is 11.5 Å². The van der Waals surface area contributed by atoms with Gasteiger partial charge in [0.1, 0.15) is 6.61 Å². The van der Waals surface area contributed by atoms with Crippen LogP contribution in [-0.2, 0) is 20.9 Å². The van der Waals surface area contributed by atoms with Crippen molar-refractivity contribution in [1.82, 2.24) is 9.80 Å². The molecule has 0 bridgehead atoms. The fourth-order valence-electron chi connectivity index (χ4n) is 5.52. The Morgan fingerprint density at radius 3 is 2.37 bits per heavy atom. The summed E-state index contributed by atoms with van der Waals surface area (Å²) in [6.07, 6.45) is 5.34. The second-order valence-electron chi connectivity index (χ2n) is 10.4. The molecule has 1 saturated heterocycles. The van der Waals surface area contributed by atoms with E-state index in [1.54, 1.807) is 7.11 Å². The number of amides is 2. The van der Waals surface area contributed by atoms with Crippen molar-refractivity contribution in [3.63, 3.8) is 0 Å². The molecule has 1 N–H and O–H groups in total. The Morgan fingerprint density at radius 2 is 1.74 bits per heavy atom. The molecule has 2 aliphatic rings. The number of ether oxygens (including phenoxy) is 2. The molecular formula is C30H38N2O6. The molecule has 8 nitrogen and oxygen atoms in total. The van der Waals surface area contributed by atoms with E-state index in [1.165, 1.54) is 30.6 Å². The molecule has 1 heterocycles. The van der Waals surface area contributed by atoms with E-state index in [4.69, 9.17) is 9.47 Å². The maximum Gasteiger partial charge on any atom is 0.305 e. The monoisotopic (exact) mass is 522 g/mol. The van der Waals surface area contributed by atoms with Crippen LogP contribution in [0.2, 0.25) is 0 Å². The zero-order valence-corrected chi connectivity index (χ0v) is 22.4. The number of carbonyl (C=O) groups excluding carboxylic acids is 2. The minimum Gasteiger partial charge on any atom is -0.493 e. The van der Waals surface area contributed by atoms with Crippen molar-refractivity contribution in [3.8, 4) is 11.5 Å². The highest BCUT2D eigenvalue weighted by Crippen LogP contribution is 2.34. The van der Waals surface area contributed by atoms with Crippen molar-refractivity contribution in [3.05, 3.63) is 59.2 Å². The van der Waals surface area contributed by atoms with Crippen LogP contribution in [0.4, 0.5) is 0 Å². The third-order valence-electron chi connectivity index (χ3n) is 7.58. The van der Waals surface area contributed by atoms with Crippen molar-refractivity contribution in [1.29, 1.82) is 0 Å². The molecule has 0 aromatic heterocycles. The van der Waals surface area contributed by atoms with Crippen LogP contribution < -0.4 is 9.47 Å². The van der Waals surface area contributed by atoms with Gasteiger partial charge in [-0.25, -0.2) is 0 Å². The SMILES string of the molecule is COc1cc(CN(CC2CCCC2)C(CC(=O)O)c2ccc(C)cc2)ccc1OCCN1C(=O)CCC1=O. The van der Waals surface area contributed by atoms with Crippen LogP contribution in [-0.4, -0.2) is 59.5 Å². The molecule has 2 amide bonds. The molecule has 4 rings (SSSR count). The first kappa shape index (κ1) is 27.6. The summed E-state index contributed by atoms with van der Waals surface area (Å²) < 4.78 is 11.5. The predicted octanol–water partition coefficient (Wildman–Crippen LogP) is 4.74. The number of carbonyl (C=O) groups is 3. The first-order valence-electron chi connectivity index (χ1n) is 13.5. The van der Waals surface area contributed by atoms with E-state index in [0.717, 1.165) is 23.2 Å².